The Bertz CT molecular complexity index is 809. The Balaban J connectivity index is 1.50. The van der Waals surface area contributed by atoms with E-state index in [-0.39, 0.29) is 17.7 Å². The van der Waals surface area contributed by atoms with E-state index >= 15 is 0 Å². The molecule has 1 fully saturated rings. The molecule has 1 aliphatic rings. The second-order valence-electron chi connectivity index (χ2n) is 6.56. The van der Waals surface area contributed by atoms with Gasteiger partial charge in [-0.25, -0.2) is 0 Å². The SMILES string of the molecule is COc1cccc(/C=C\C(=O)N2CCC(C(=O)Nc3ccccc3)CC2)c1. The van der Waals surface area contributed by atoms with Gasteiger partial charge in [-0.15, -0.1) is 0 Å². The van der Waals surface area contributed by atoms with Crippen molar-refractivity contribution in [2.24, 2.45) is 5.92 Å². The molecule has 0 atom stereocenters. The lowest BCUT2D eigenvalue weighted by atomic mass is 9.95. The van der Waals surface area contributed by atoms with Crippen LogP contribution >= 0.6 is 0 Å². The molecular weight excluding hydrogens is 340 g/mol. The average Bonchev–Trinajstić information content (AvgIpc) is 2.73. The van der Waals surface area contributed by atoms with Crippen molar-refractivity contribution in [1.29, 1.82) is 0 Å². The van der Waals surface area contributed by atoms with Crippen LogP contribution in [0.15, 0.2) is 60.7 Å². The first kappa shape index (κ1) is 18.7. The van der Waals surface area contributed by atoms with Gasteiger partial charge >= 0.3 is 0 Å². The lowest BCUT2D eigenvalue weighted by Crippen LogP contribution is -2.40. The van der Waals surface area contributed by atoms with Crippen LogP contribution in [0.1, 0.15) is 18.4 Å². The Hall–Kier alpha value is -3.08. The third-order valence-electron chi connectivity index (χ3n) is 4.73. The molecule has 140 valence electrons. The zero-order valence-electron chi connectivity index (χ0n) is 15.4. The molecule has 3 rings (SSSR count). The second kappa shape index (κ2) is 9.03. The number of nitrogens with zero attached hydrogens (tertiary/aromatic N) is 1. The molecule has 1 aliphatic heterocycles. The largest absolute Gasteiger partial charge is 0.497 e. The number of likely N-dealkylation sites (tertiary alicyclic amines) is 1. The third-order valence-corrected chi connectivity index (χ3v) is 4.73. The van der Waals surface area contributed by atoms with Gasteiger partial charge in [0.05, 0.1) is 7.11 Å². The van der Waals surface area contributed by atoms with Gasteiger partial charge in [0.1, 0.15) is 5.75 Å². The molecule has 0 radical (unpaired) electrons. The first-order chi connectivity index (χ1) is 13.2. The van der Waals surface area contributed by atoms with Crippen LogP contribution in [0.2, 0.25) is 0 Å². The molecule has 0 bridgehead atoms. The number of hydrogen-bond acceptors (Lipinski definition) is 3. The van der Waals surface area contributed by atoms with E-state index < -0.39 is 0 Å². The number of methoxy groups -OCH3 is 1. The Morgan fingerprint density at radius 2 is 1.81 bits per heavy atom. The van der Waals surface area contributed by atoms with Gasteiger partial charge in [0.15, 0.2) is 0 Å². The van der Waals surface area contributed by atoms with Crippen molar-refractivity contribution >= 4 is 23.6 Å². The smallest absolute Gasteiger partial charge is 0.246 e. The van der Waals surface area contributed by atoms with Gasteiger partial charge in [0.2, 0.25) is 11.8 Å². The van der Waals surface area contributed by atoms with Crippen LogP contribution < -0.4 is 10.1 Å². The van der Waals surface area contributed by atoms with E-state index in [9.17, 15) is 9.59 Å². The molecule has 0 aliphatic carbocycles. The predicted molar refractivity (Wildman–Crippen MR) is 106 cm³/mol. The molecule has 2 amide bonds. The van der Waals surface area contributed by atoms with E-state index in [0.717, 1.165) is 17.0 Å². The highest BCUT2D eigenvalue weighted by Crippen LogP contribution is 2.20. The highest BCUT2D eigenvalue weighted by atomic mass is 16.5. The summed E-state index contributed by atoms with van der Waals surface area (Å²) in [5.41, 5.74) is 1.72. The Morgan fingerprint density at radius 1 is 1.07 bits per heavy atom. The predicted octanol–water partition coefficient (Wildman–Crippen LogP) is 3.59. The highest BCUT2D eigenvalue weighted by molar-refractivity contribution is 5.94. The van der Waals surface area contributed by atoms with Crippen molar-refractivity contribution in [3.05, 3.63) is 66.2 Å². The van der Waals surface area contributed by atoms with E-state index in [0.29, 0.717) is 25.9 Å². The maximum absolute atomic E-state index is 12.4. The average molecular weight is 364 g/mol. The lowest BCUT2D eigenvalue weighted by molar-refractivity contribution is -0.130. The minimum Gasteiger partial charge on any atom is -0.497 e. The summed E-state index contributed by atoms with van der Waals surface area (Å²) in [7, 11) is 1.62. The zero-order valence-corrected chi connectivity index (χ0v) is 15.4. The monoisotopic (exact) mass is 364 g/mol. The summed E-state index contributed by atoms with van der Waals surface area (Å²) in [4.78, 5) is 26.6. The van der Waals surface area contributed by atoms with Crippen molar-refractivity contribution in [2.45, 2.75) is 12.8 Å². The standard InChI is InChI=1S/C22H24N2O3/c1-27-20-9-5-6-17(16-20)10-11-21(25)24-14-12-18(13-15-24)22(26)23-19-7-3-2-4-8-19/h2-11,16,18H,12-15H2,1H3,(H,23,26)/b11-10-. The molecule has 1 saturated heterocycles. The number of amides is 2. The van der Waals surface area contributed by atoms with E-state index in [1.165, 1.54) is 0 Å². The summed E-state index contributed by atoms with van der Waals surface area (Å²) >= 11 is 0. The Labute approximate surface area is 159 Å². The molecule has 1 N–H and O–H groups in total. The van der Waals surface area contributed by atoms with Gasteiger partial charge in [-0.05, 0) is 48.7 Å². The number of rotatable bonds is 5. The van der Waals surface area contributed by atoms with Gasteiger partial charge in [0.25, 0.3) is 0 Å². The number of carbonyl (C=O) groups is 2. The summed E-state index contributed by atoms with van der Waals surface area (Å²) < 4.78 is 5.19. The fourth-order valence-corrected chi connectivity index (χ4v) is 3.15. The number of nitrogens with one attached hydrogen (secondary N) is 1. The summed E-state index contributed by atoms with van der Waals surface area (Å²) in [6.45, 7) is 1.18. The summed E-state index contributed by atoms with van der Waals surface area (Å²) in [5.74, 6) is 0.700. The van der Waals surface area contributed by atoms with Gasteiger partial charge in [0, 0.05) is 30.8 Å². The molecule has 5 heteroatoms. The first-order valence-electron chi connectivity index (χ1n) is 9.12. The van der Waals surface area contributed by atoms with Crippen molar-refractivity contribution < 1.29 is 14.3 Å². The first-order valence-corrected chi connectivity index (χ1v) is 9.12. The normalized spacial score (nSPS) is 14.9. The number of para-hydroxylation sites is 1. The fraction of sp³-hybridized carbons (Fsp3) is 0.273. The van der Waals surface area contributed by atoms with Gasteiger partial charge in [-0.2, -0.15) is 0 Å². The van der Waals surface area contributed by atoms with Crippen molar-refractivity contribution in [3.63, 3.8) is 0 Å². The number of piperidine rings is 1. The van der Waals surface area contributed by atoms with Crippen LogP contribution in [-0.4, -0.2) is 36.9 Å². The molecule has 0 aromatic heterocycles. The van der Waals surface area contributed by atoms with Crippen LogP contribution in [-0.2, 0) is 9.59 Å². The molecule has 0 unspecified atom stereocenters. The van der Waals surface area contributed by atoms with Gasteiger partial charge in [-0.1, -0.05) is 30.3 Å². The maximum atomic E-state index is 12.4. The molecular formula is C22H24N2O3. The van der Waals surface area contributed by atoms with Crippen LogP contribution in [0.4, 0.5) is 5.69 Å². The molecule has 27 heavy (non-hydrogen) atoms. The summed E-state index contributed by atoms with van der Waals surface area (Å²) in [5, 5.41) is 2.94. The molecule has 0 saturated carbocycles. The molecule has 2 aromatic rings. The van der Waals surface area contributed by atoms with Gasteiger partial charge < -0.3 is 15.0 Å². The van der Waals surface area contributed by atoms with E-state index in [1.54, 1.807) is 24.2 Å². The quantitative estimate of drug-likeness (QED) is 0.825. The second-order valence-corrected chi connectivity index (χ2v) is 6.56. The lowest BCUT2D eigenvalue weighted by Gasteiger charge is -2.30. The van der Waals surface area contributed by atoms with Crippen LogP contribution in [0.25, 0.3) is 6.08 Å². The molecule has 0 spiro atoms. The zero-order chi connectivity index (χ0) is 19.1. The number of ether oxygens (including phenoxy) is 1. The minimum atomic E-state index is -0.0587. The molecule has 5 nitrogen and oxygen atoms in total. The number of anilines is 1. The summed E-state index contributed by atoms with van der Waals surface area (Å²) in [6, 6.07) is 17.0. The maximum Gasteiger partial charge on any atom is 0.246 e. The van der Waals surface area contributed by atoms with Crippen LogP contribution in [0.3, 0.4) is 0 Å². The van der Waals surface area contributed by atoms with Crippen LogP contribution in [0.5, 0.6) is 5.75 Å². The Kier molecular flexibility index (Phi) is 6.26. The highest BCUT2D eigenvalue weighted by Gasteiger charge is 2.26. The number of carbonyl (C=O) groups excluding carboxylic acids is 2. The number of hydrogen-bond donors (Lipinski definition) is 1. The van der Waals surface area contributed by atoms with Crippen LogP contribution in [0, 0.1) is 5.92 Å². The van der Waals surface area contributed by atoms with E-state index in [1.807, 2.05) is 54.6 Å². The number of benzene rings is 2. The third kappa shape index (κ3) is 5.20. The van der Waals surface area contributed by atoms with Gasteiger partial charge in [-0.3, -0.25) is 9.59 Å². The van der Waals surface area contributed by atoms with E-state index in [2.05, 4.69) is 5.32 Å². The fourth-order valence-electron chi connectivity index (χ4n) is 3.15. The molecule has 2 aromatic carbocycles. The van der Waals surface area contributed by atoms with Crippen molar-refractivity contribution in [2.75, 3.05) is 25.5 Å². The molecule has 1 heterocycles. The summed E-state index contributed by atoms with van der Waals surface area (Å²) in [6.07, 6.45) is 4.73. The van der Waals surface area contributed by atoms with Crippen molar-refractivity contribution in [1.82, 2.24) is 4.90 Å². The minimum absolute atomic E-state index is 0.0280. The van der Waals surface area contributed by atoms with Crippen molar-refractivity contribution in [3.8, 4) is 5.75 Å². The topological polar surface area (TPSA) is 58.6 Å². The Morgan fingerprint density at radius 3 is 2.52 bits per heavy atom. The van der Waals surface area contributed by atoms with E-state index in [4.69, 9.17) is 4.74 Å².